The lowest BCUT2D eigenvalue weighted by Gasteiger charge is -2.07. The lowest BCUT2D eigenvalue weighted by molar-refractivity contribution is -0.115. The number of rotatable bonds is 6. The van der Waals surface area contributed by atoms with Crippen LogP contribution in [0.4, 0.5) is 10.1 Å². The zero-order chi connectivity index (χ0) is 18.4. The standard InChI is InChI=1S/C18H15BrFNO4/c1-2-17(23)21-13-6-3-11(4-7-13)16(22)10-25-18(24)14-8-5-12(19)9-15(14)20/h3-9H,2,10H2,1H3,(H,21,23). The molecule has 2 aromatic carbocycles. The van der Waals surface area contributed by atoms with E-state index in [9.17, 15) is 18.8 Å². The van der Waals surface area contributed by atoms with Gasteiger partial charge in [-0.15, -0.1) is 0 Å². The summed E-state index contributed by atoms with van der Waals surface area (Å²) >= 11 is 3.09. The van der Waals surface area contributed by atoms with E-state index in [0.717, 1.165) is 6.07 Å². The molecule has 25 heavy (non-hydrogen) atoms. The third-order valence-electron chi connectivity index (χ3n) is 3.30. The maximum atomic E-state index is 13.7. The maximum absolute atomic E-state index is 13.7. The molecule has 0 fully saturated rings. The average Bonchev–Trinajstić information content (AvgIpc) is 2.60. The Labute approximate surface area is 152 Å². The van der Waals surface area contributed by atoms with Crippen LogP contribution in [0, 0.1) is 5.82 Å². The van der Waals surface area contributed by atoms with E-state index < -0.39 is 24.2 Å². The maximum Gasteiger partial charge on any atom is 0.341 e. The van der Waals surface area contributed by atoms with E-state index in [1.165, 1.54) is 24.3 Å². The molecule has 0 saturated heterocycles. The number of carbonyl (C=O) groups excluding carboxylic acids is 3. The van der Waals surface area contributed by atoms with Gasteiger partial charge in [-0.1, -0.05) is 22.9 Å². The highest BCUT2D eigenvalue weighted by Crippen LogP contribution is 2.16. The first-order valence-electron chi connectivity index (χ1n) is 7.46. The summed E-state index contributed by atoms with van der Waals surface area (Å²) in [4.78, 5) is 35.2. The van der Waals surface area contributed by atoms with Gasteiger partial charge < -0.3 is 10.1 Å². The second-order valence-electron chi connectivity index (χ2n) is 5.10. The Hall–Kier alpha value is -2.54. The second kappa shape index (κ2) is 8.53. The van der Waals surface area contributed by atoms with Gasteiger partial charge in [-0.2, -0.15) is 0 Å². The van der Waals surface area contributed by atoms with Crippen molar-refractivity contribution in [2.75, 3.05) is 11.9 Å². The molecule has 0 spiro atoms. The number of ketones is 1. The average molecular weight is 408 g/mol. The van der Waals surface area contributed by atoms with E-state index in [2.05, 4.69) is 21.2 Å². The predicted octanol–water partition coefficient (Wildman–Crippen LogP) is 3.98. The zero-order valence-electron chi connectivity index (χ0n) is 13.3. The smallest absolute Gasteiger partial charge is 0.341 e. The van der Waals surface area contributed by atoms with E-state index in [0.29, 0.717) is 22.1 Å². The molecular weight excluding hydrogens is 393 g/mol. The molecular formula is C18H15BrFNO4. The number of nitrogens with one attached hydrogen (secondary N) is 1. The van der Waals surface area contributed by atoms with Crippen LogP contribution >= 0.6 is 15.9 Å². The van der Waals surface area contributed by atoms with E-state index in [4.69, 9.17) is 4.74 Å². The Morgan fingerprint density at radius 1 is 1.12 bits per heavy atom. The summed E-state index contributed by atoms with van der Waals surface area (Å²) in [6.07, 6.45) is 0.350. The molecule has 7 heteroatoms. The van der Waals surface area contributed by atoms with Gasteiger partial charge in [0.1, 0.15) is 5.82 Å². The first-order chi connectivity index (χ1) is 11.9. The number of carbonyl (C=O) groups is 3. The molecule has 0 aliphatic heterocycles. The van der Waals surface area contributed by atoms with Crippen molar-refractivity contribution >= 4 is 39.3 Å². The molecule has 2 aromatic rings. The highest BCUT2D eigenvalue weighted by Gasteiger charge is 2.16. The summed E-state index contributed by atoms with van der Waals surface area (Å²) in [6.45, 7) is 1.23. The van der Waals surface area contributed by atoms with Crippen molar-refractivity contribution in [2.45, 2.75) is 13.3 Å². The minimum absolute atomic E-state index is 0.135. The molecule has 1 N–H and O–H groups in total. The molecule has 0 saturated carbocycles. The minimum Gasteiger partial charge on any atom is -0.454 e. The number of amides is 1. The molecule has 5 nitrogen and oxygen atoms in total. The highest BCUT2D eigenvalue weighted by molar-refractivity contribution is 9.10. The molecule has 0 atom stereocenters. The molecule has 0 aliphatic carbocycles. The summed E-state index contributed by atoms with van der Waals surface area (Å²) < 4.78 is 19.0. The Balaban J connectivity index is 1.95. The van der Waals surface area contributed by atoms with Crippen molar-refractivity contribution in [2.24, 2.45) is 0 Å². The van der Waals surface area contributed by atoms with Gasteiger partial charge in [0.05, 0.1) is 5.56 Å². The van der Waals surface area contributed by atoms with E-state index in [1.807, 2.05) is 0 Å². The van der Waals surface area contributed by atoms with Gasteiger partial charge in [0.2, 0.25) is 5.91 Å². The molecule has 0 unspecified atom stereocenters. The number of hydrogen-bond acceptors (Lipinski definition) is 4. The Morgan fingerprint density at radius 3 is 2.40 bits per heavy atom. The van der Waals surface area contributed by atoms with Crippen LogP contribution in [0.25, 0.3) is 0 Å². The highest BCUT2D eigenvalue weighted by atomic mass is 79.9. The van der Waals surface area contributed by atoms with Gasteiger partial charge in [-0.05, 0) is 42.5 Å². The normalized spacial score (nSPS) is 10.2. The largest absolute Gasteiger partial charge is 0.454 e. The van der Waals surface area contributed by atoms with Crippen molar-refractivity contribution in [1.82, 2.24) is 0 Å². The van der Waals surface area contributed by atoms with Gasteiger partial charge in [0, 0.05) is 22.1 Å². The quantitative estimate of drug-likeness (QED) is 0.580. The number of halogens is 2. The van der Waals surface area contributed by atoms with Crippen LogP contribution in [-0.2, 0) is 9.53 Å². The molecule has 130 valence electrons. The number of hydrogen-bond donors (Lipinski definition) is 1. The Bertz CT molecular complexity index is 805. The van der Waals surface area contributed by atoms with Crippen molar-refractivity contribution in [3.8, 4) is 0 Å². The van der Waals surface area contributed by atoms with E-state index in [1.54, 1.807) is 19.1 Å². The van der Waals surface area contributed by atoms with Crippen molar-refractivity contribution in [3.63, 3.8) is 0 Å². The Kier molecular flexibility index (Phi) is 6.41. The van der Waals surface area contributed by atoms with Crippen LogP contribution in [0.3, 0.4) is 0 Å². The van der Waals surface area contributed by atoms with Gasteiger partial charge in [-0.3, -0.25) is 9.59 Å². The first-order valence-corrected chi connectivity index (χ1v) is 8.25. The number of ether oxygens (including phenoxy) is 1. The summed E-state index contributed by atoms with van der Waals surface area (Å²) in [5.74, 6) is -2.21. The van der Waals surface area contributed by atoms with Gasteiger partial charge >= 0.3 is 5.97 Å². The molecule has 0 heterocycles. The minimum atomic E-state index is -0.912. The zero-order valence-corrected chi connectivity index (χ0v) is 14.9. The van der Waals surface area contributed by atoms with Gasteiger partial charge in [0.15, 0.2) is 12.4 Å². The first kappa shape index (κ1) is 18.8. The summed E-state index contributed by atoms with van der Waals surface area (Å²) in [5, 5.41) is 2.66. The lowest BCUT2D eigenvalue weighted by Crippen LogP contribution is -2.15. The van der Waals surface area contributed by atoms with Gasteiger partial charge in [-0.25, -0.2) is 9.18 Å². The number of Topliss-reactive ketones (excluding diaryl/α,β-unsaturated/α-hetero) is 1. The fourth-order valence-corrected chi connectivity index (χ4v) is 2.27. The molecule has 0 aromatic heterocycles. The second-order valence-corrected chi connectivity index (χ2v) is 6.02. The number of benzene rings is 2. The van der Waals surface area contributed by atoms with Crippen LogP contribution in [0.5, 0.6) is 0 Å². The summed E-state index contributed by atoms with van der Waals surface area (Å²) in [7, 11) is 0. The van der Waals surface area contributed by atoms with Crippen LogP contribution in [-0.4, -0.2) is 24.3 Å². The van der Waals surface area contributed by atoms with Crippen LogP contribution < -0.4 is 5.32 Å². The topological polar surface area (TPSA) is 72.5 Å². The molecule has 0 radical (unpaired) electrons. The van der Waals surface area contributed by atoms with Crippen molar-refractivity contribution < 1.29 is 23.5 Å². The monoisotopic (exact) mass is 407 g/mol. The molecule has 0 bridgehead atoms. The summed E-state index contributed by atoms with van der Waals surface area (Å²) in [6, 6.07) is 10.1. The van der Waals surface area contributed by atoms with E-state index >= 15 is 0 Å². The van der Waals surface area contributed by atoms with Crippen molar-refractivity contribution in [3.05, 3.63) is 63.9 Å². The van der Waals surface area contributed by atoms with Crippen LogP contribution in [0.2, 0.25) is 0 Å². The van der Waals surface area contributed by atoms with Gasteiger partial charge in [0.25, 0.3) is 0 Å². The SMILES string of the molecule is CCC(=O)Nc1ccc(C(=O)COC(=O)c2ccc(Br)cc2F)cc1. The molecule has 0 aliphatic rings. The predicted molar refractivity (Wildman–Crippen MR) is 94.1 cm³/mol. The third-order valence-corrected chi connectivity index (χ3v) is 3.79. The lowest BCUT2D eigenvalue weighted by atomic mass is 10.1. The fraction of sp³-hybridized carbons (Fsp3) is 0.167. The number of anilines is 1. The fourth-order valence-electron chi connectivity index (χ4n) is 1.94. The molecule has 1 amide bonds. The van der Waals surface area contributed by atoms with E-state index in [-0.39, 0.29) is 11.5 Å². The number of esters is 1. The molecule has 2 rings (SSSR count). The van der Waals surface area contributed by atoms with Crippen LogP contribution in [0.15, 0.2) is 46.9 Å². The summed E-state index contributed by atoms with van der Waals surface area (Å²) in [5.41, 5.74) is 0.643. The third kappa shape index (κ3) is 5.22. The van der Waals surface area contributed by atoms with Crippen molar-refractivity contribution in [1.29, 1.82) is 0 Å². The van der Waals surface area contributed by atoms with Crippen LogP contribution in [0.1, 0.15) is 34.1 Å². The Morgan fingerprint density at radius 2 is 1.80 bits per heavy atom.